The fourth-order valence-electron chi connectivity index (χ4n) is 3.00. The molecule has 1 fully saturated rings. The molecule has 0 aliphatic carbocycles. The Morgan fingerprint density at radius 3 is 2.53 bits per heavy atom. The number of thiocarbonyl (C=S) groups is 1. The van der Waals surface area contributed by atoms with Crippen LogP contribution < -0.4 is 15.1 Å². The molecule has 11 heteroatoms. The average Bonchev–Trinajstić information content (AvgIpc) is 2.93. The van der Waals surface area contributed by atoms with Crippen molar-refractivity contribution >= 4 is 40.5 Å². The highest BCUT2D eigenvalue weighted by Gasteiger charge is 2.50. The predicted octanol–water partition coefficient (Wildman–Crippen LogP) is 3.99. The number of rotatable bonds is 3. The minimum absolute atomic E-state index is 0.405. The van der Waals surface area contributed by atoms with Crippen LogP contribution in [0, 0.1) is 17.1 Å². The zero-order valence-corrected chi connectivity index (χ0v) is 17.0. The van der Waals surface area contributed by atoms with Gasteiger partial charge in [0.2, 0.25) is 0 Å². The number of hydrogen-bond acceptors (Lipinski definition) is 4. The molecular formula is C21H16F4N4O2S. The summed E-state index contributed by atoms with van der Waals surface area (Å²) in [5.41, 5.74) is -7.26. The summed E-state index contributed by atoms with van der Waals surface area (Å²) in [4.78, 5) is 26.8. The van der Waals surface area contributed by atoms with Crippen LogP contribution in [-0.2, 0) is 11.0 Å². The zero-order chi connectivity index (χ0) is 30.0. The van der Waals surface area contributed by atoms with Crippen molar-refractivity contribution in [2.75, 3.05) is 16.8 Å². The summed E-state index contributed by atoms with van der Waals surface area (Å²) in [6, 6.07) is -1.81. The Kier molecular flexibility index (Phi) is 3.77. The smallest absolute Gasteiger partial charge is 0.355 e. The van der Waals surface area contributed by atoms with Crippen molar-refractivity contribution in [1.29, 1.82) is 5.26 Å². The summed E-state index contributed by atoms with van der Waals surface area (Å²) in [6.45, 7) is -0.666. The number of hydrogen-bond donors (Lipinski definition) is 1. The predicted molar refractivity (Wildman–Crippen MR) is 113 cm³/mol. The third kappa shape index (κ3) is 3.67. The number of carbonyl (C=O) groups is 2. The molecule has 1 N–H and O–H groups in total. The molecule has 0 radical (unpaired) electrons. The molecule has 3 rings (SSSR count). The molecule has 0 aromatic heterocycles. The highest BCUT2D eigenvalue weighted by molar-refractivity contribution is 7.81. The lowest BCUT2D eigenvalue weighted by atomic mass is 10.0. The van der Waals surface area contributed by atoms with Crippen molar-refractivity contribution in [2.24, 2.45) is 0 Å². The van der Waals surface area contributed by atoms with Gasteiger partial charge in [0.05, 0.1) is 33.9 Å². The molecule has 32 heavy (non-hydrogen) atoms. The van der Waals surface area contributed by atoms with E-state index in [0.29, 0.717) is 17.0 Å². The van der Waals surface area contributed by atoms with E-state index >= 15 is 4.39 Å². The monoisotopic (exact) mass is 471 g/mol. The van der Waals surface area contributed by atoms with Crippen LogP contribution in [0.4, 0.5) is 28.9 Å². The summed E-state index contributed by atoms with van der Waals surface area (Å²) in [6.07, 6.45) is -5.22. The van der Waals surface area contributed by atoms with Gasteiger partial charge in [-0.05, 0) is 62.4 Å². The Morgan fingerprint density at radius 1 is 1.28 bits per heavy atom. The van der Waals surface area contributed by atoms with Crippen LogP contribution in [0.25, 0.3) is 0 Å². The van der Waals surface area contributed by atoms with Crippen molar-refractivity contribution in [2.45, 2.75) is 25.6 Å². The second-order valence-corrected chi connectivity index (χ2v) is 7.29. The second-order valence-electron chi connectivity index (χ2n) is 6.92. The van der Waals surface area contributed by atoms with E-state index in [0.717, 1.165) is 4.90 Å². The molecule has 0 atom stereocenters. The lowest BCUT2D eigenvalue weighted by molar-refractivity contribution is -0.137. The van der Waals surface area contributed by atoms with Gasteiger partial charge >= 0.3 is 6.18 Å². The quantitative estimate of drug-likeness (QED) is 0.541. The van der Waals surface area contributed by atoms with E-state index in [1.165, 1.54) is 25.2 Å². The first-order chi connectivity index (χ1) is 17.7. The standard InChI is InChI=1S/C21H16F4N4O2S/c1-20(2)18(31)28(12-5-4-11(10-26)15(8-12)21(23,24)25)19(32)29(20)13-6-7-14(16(22)9-13)17(30)27-3/h4-9H,1-3H3,(H,27,30)/i3D3,5D,6D,8D,9D. The summed E-state index contributed by atoms with van der Waals surface area (Å²) >= 11 is 5.26. The Morgan fingerprint density at radius 2 is 1.94 bits per heavy atom. The van der Waals surface area contributed by atoms with E-state index < -0.39 is 93.7 Å². The van der Waals surface area contributed by atoms with Crippen LogP contribution in [0.3, 0.4) is 0 Å². The zero-order valence-electron chi connectivity index (χ0n) is 23.2. The minimum atomic E-state index is -5.22. The molecule has 2 aromatic carbocycles. The summed E-state index contributed by atoms with van der Waals surface area (Å²) in [5.74, 6) is -4.14. The third-order valence-corrected chi connectivity index (χ3v) is 4.93. The van der Waals surface area contributed by atoms with Gasteiger partial charge in [0.25, 0.3) is 11.8 Å². The van der Waals surface area contributed by atoms with E-state index in [1.807, 2.05) is 0 Å². The Bertz CT molecular complexity index is 1490. The number of nitriles is 1. The number of nitrogens with one attached hydrogen (secondary N) is 1. The number of anilines is 2. The molecule has 166 valence electrons. The molecule has 0 saturated carbocycles. The number of halogens is 4. The van der Waals surface area contributed by atoms with E-state index in [9.17, 15) is 22.8 Å². The summed E-state index contributed by atoms with van der Waals surface area (Å²) in [7, 11) is 0. The van der Waals surface area contributed by atoms with E-state index in [2.05, 4.69) is 0 Å². The van der Waals surface area contributed by atoms with Crippen LogP contribution in [-0.4, -0.2) is 29.4 Å². The molecular weight excluding hydrogens is 448 g/mol. The molecule has 1 saturated heterocycles. The molecule has 1 aliphatic heterocycles. The maximum atomic E-state index is 15.1. The summed E-state index contributed by atoms with van der Waals surface area (Å²) in [5, 5.41) is 9.91. The lowest BCUT2D eigenvalue weighted by Crippen LogP contribution is -2.44. The topological polar surface area (TPSA) is 76.4 Å². The van der Waals surface area contributed by atoms with E-state index in [-0.39, 0.29) is 0 Å². The average molecular weight is 471 g/mol. The molecule has 2 amide bonds. The second kappa shape index (κ2) is 7.87. The van der Waals surface area contributed by atoms with Crippen molar-refractivity contribution < 1.29 is 36.7 Å². The van der Waals surface area contributed by atoms with Crippen LogP contribution in [0.2, 0.25) is 0 Å². The van der Waals surface area contributed by atoms with Crippen molar-refractivity contribution in [3.05, 3.63) is 58.8 Å². The van der Waals surface area contributed by atoms with E-state index in [1.54, 1.807) is 0 Å². The largest absolute Gasteiger partial charge is 0.417 e. The molecule has 2 aromatic rings. The Hall–Kier alpha value is -3.52. The molecule has 0 spiro atoms. The maximum Gasteiger partial charge on any atom is 0.417 e. The first-order valence-corrected chi connectivity index (χ1v) is 9.00. The highest BCUT2D eigenvalue weighted by atomic mass is 32.1. The molecule has 1 heterocycles. The van der Waals surface area contributed by atoms with Gasteiger partial charge in [0.1, 0.15) is 11.4 Å². The van der Waals surface area contributed by atoms with Gasteiger partial charge in [-0.1, -0.05) is 0 Å². The summed E-state index contributed by atoms with van der Waals surface area (Å²) < 4.78 is 110. The van der Waals surface area contributed by atoms with E-state index in [4.69, 9.17) is 27.1 Å². The van der Waals surface area contributed by atoms with Gasteiger partial charge < -0.3 is 10.2 Å². The van der Waals surface area contributed by atoms with Gasteiger partial charge in [-0.15, -0.1) is 0 Å². The number of carbonyl (C=O) groups excluding carboxylic acids is 2. The fourth-order valence-corrected chi connectivity index (χ4v) is 3.49. The van der Waals surface area contributed by atoms with Crippen LogP contribution in [0.1, 0.15) is 44.9 Å². The van der Waals surface area contributed by atoms with Gasteiger partial charge in [-0.3, -0.25) is 14.5 Å². The highest BCUT2D eigenvalue weighted by Crippen LogP contribution is 2.39. The fraction of sp³-hybridized carbons (Fsp3) is 0.238. The van der Waals surface area contributed by atoms with Gasteiger partial charge in [-0.2, -0.15) is 18.4 Å². The number of amides is 2. The number of nitrogens with zero attached hydrogens (tertiary/aromatic N) is 3. The number of benzene rings is 2. The van der Waals surface area contributed by atoms with Crippen LogP contribution in [0.15, 0.2) is 36.3 Å². The molecule has 0 unspecified atom stereocenters. The Balaban J connectivity index is 2.25. The lowest BCUT2D eigenvalue weighted by Gasteiger charge is -2.29. The first kappa shape index (κ1) is 15.3. The van der Waals surface area contributed by atoms with Crippen molar-refractivity contribution in [3.63, 3.8) is 0 Å². The maximum absolute atomic E-state index is 15.1. The molecule has 1 aliphatic rings. The molecule has 0 bridgehead atoms. The minimum Gasteiger partial charge on any atom is -0.355 e. The first-order valence-electron chi connectivity index (χ1n) is 12.1. The SMILES string of the molecule is [2H]c1cc(C#N)c(C(F)(F)F)c([2H])c1N1C(=O)C(C)(C)N(c2c([2H])cc(C(=O)NC([2H])([2H])[2H])c(F)c2[2H])C1=S. The Labute approximate surface area is 195 Å². The van der Waals surface area contributed by atoms with Gasteiger partial charge in [0, 0.05) is 16.8 Å². The van der Waals surface area contributed by atoms with Crippen molar-refractivity contribution in [3.8, 4) is 6.07 Å². The number of alkyl halides is 3. The van der Waals surface area contributed by atoms with Crippen LogP contribution >= 0.6 is 12.2 Å². The third-order valence-electron chi connectivity index (χ3n) is 4.56. The molecule has 6 nitrogen and oxygen atoms in total. The van der Waals surface area contributed by atoms with Crippen molar-refractivity contribution in [1.82, 2.24) is 5.32 Å². The van der Waals surface area contributed by atoms with Gasteiger partial charge in [0.15, 0.2) is 5.11 Å². The van der Waals surface area contributed by atoms with Crippen LogP contribution in [0.5, 0.6) is 0 Å². The van der Waals surface area contributed by atoms with Gasteiger partial charge in [-0.25, -0.2) is 4.39 Å². The normalized spacial score (nSPS) is 19.2.